The van der Waals surface area contributed by atoms with Crippen molar-refractivity contribution in [1.82, 2.24) is 0 Å². The van der Waals surface area contributed by atoms with E-state index in [-0.39, 0.29) is 0 Å². The van der Waals surface area contributed by atoms with Gasteiger partial charge in [-0.15, -0.1) is 0 Å². The van der Waals surface area contributed by atoms with Gasteiger partial charge in [-0.25, -0.2) is 0 Å². The molecular weight excluding hydrogens is 338 g/mol. The largest absolute Gasteiger partial charge is 0.372 e. The van der Waals surface area contributed by atoms with Gasteiger partial charge in [-0.2, -0.15) is 0 Å². The third-order valence-electron chi connectivity index (χ3n) is 5.01. The second-order valence-corrected chi connectivity index (χ2v) is 6.97. The van der Waals surface area contributed by atoms with Crippen LogP contribution in [0.3, 0.4) is 0 Å². The van der Waals surface area contributed by atoms with E-state index in [4.69, 9.17) is 0 Å². The highest BCUT2D eigenvalue weighted by atomic mass is 15.1. The van der Waals surface area contributed by atoms with E-state index >= 15 is 0 Å². The Kier molecular flexibility index (Phi) is 6.86. The summed E-state index contributed by atoms with van der Waals surface area (Å²) in [4.78, 5) is 2.36. The molecule has 0 aliphatic carbocycles. The molecule has 0 amide bonds. The molecule has 28 heavy (non-hydrogen) atoms. The number of benzene rings is 3. The lowest BCUT2D eigenvalue weighted by Gasteiger charge is -2.20. The molecule has 0 saturated carbocycles. The van der Waals surface area contributed by atoms with Crippen molar-refractivity contribution in [2.75, 3.05) is 18.0 Å². The van der Waals surface area contributed by atoms with Crippen molar-refractivity contribution in [3.63, 3.8) is 0 Å². The molecule has 0 fully saturated rings. The van der Waals surface area contributed by atoms with Gasteiger partial charge in [-0.3, -0.25) is 0 Å². The van der Waals surface area contributed by atoms with Gasteiger partial charge in [0.05, 0.1) is 0 Å². The van der Waals surface area contributed by atoms with E-state index in [0.29, 0.717) is 0 Å². The van der Waals surface area contributed by atoms with Crippen LogP contribution in [0.25, 0.3) is 24.3 Å². The first-order chi connectivity index (χ1) is 13.7. The summed E-state index contributed by atoms with van der Waals surface area (Å²) >= 11 is 0. The average molecular weight is 368 g/mol. The van der Waals surface area contributed by atoms with Gasteiger partial charge >= 0.3 is 0 Å². The number of aryl methyl sites for hydroxylation is 1. The van der Waals surface area contributed by atoms with E-state index in [1.807, 2.05) is 0 Å². The first kappa shape index (κ1) is 19.7. The Morgan fingerprint density at radius 3 is 1.54 bits per heavy atom. The second-order valence-electron chi connectivity index (χ2n) is 6.97. The minimum atomic E-state index is 1.03. The highest BCUT2D eigenvalue weighted by Crippen LogP contribution is 2.19. The summed E-state index contributed by atoms with van der Waals surface area (Å²) in [6.07, 6.45) is 8.74. The maximum Gasteiger partial charge on any atom is 0.0366 e. The van der Waals surface area contributed by atoms with Crippen LogP contribution >= 0.6 is 0 Å². The van der Waals surface area contributed by atoms with Crippen molar-refractivity contribution in [2.45, 2.75) is 20.8 Å². The molecule has 0 aromatic heterocycles. The van der Waals surface area contributed by atoms with Crippen molar-refractivity contribution in [3.8, 4) is 0 Å². The molecule has 3 aromatic rings. The Balaban J connectivity index is 1.76. The highest BCUT2D eigenvalue weighted by molar-refractivity contribution is 5.79. The first-order valence-electron chi connectivity index (χ1n) is 10.1. The molecule has 0 aliphatic heterocycles. The Bertz CT molecular complexity index is 927. The van der Waals surface area contributed by atoms with Gasteiger partial charge in [0.15, 0.2) is 0 Å². The Morgan fingerprint density at radius 1 is 0.607 bits per heavy atom. The highest BCUT2D eigenvalue weighted by Gasteiger charge is 2.00. The maximum atomic E-state index is 2.36. The molecule has 0 N–H and O–H groups in total. The van der Waals surface area contributed by atoms with Gasteiger partial charge in [-0.05, 0) is 55.2 Å². The summed E-state index contributed by atoms with van der Waals surface area (Å²) < 4.78 is 0. The molecule has 0 spiro atoms. The van der Waals surface area contributed by atoms with Crippen LogP contribution in [0.15, 0.2) is 72.8 Å². The fourth-order valence-electron chi connectivity index (χ4n) is 3.25. The SMILES string of the molecule is CCN(CC)c1ccc(C=Cc2ccccc2C=Cc2ccc(C)cc2)cc1. The van der Waals surface area contributed by atoms with Crippen LogP contribution in [-0.2, 0) is 0 Å². The smallest absolute Gasteiger partial charge is 0.0366 e. The molecule has 142 valence electrons. The zero-order chi connectivity index (χ0) is 19.8. The lowest BCUT2D eigenvalue weighted by molar-refractivity contribution is 0.866. The molecular formula is C27H29N. The normalized spacial score (nSPS) is 11.4. The Labute approximate surface area is 169 Å². The number of nitrogens with zero attached hydrogens (tertiary/aromatic N) is 1. The number of anilines is 1. The summed E-state index contributed by atoms with van der Waals surface area (Å²) in [6, 6.07) is 25.9. The number of hydrogen-bond donors (Lipinski definition) is 0. The van der Waals surface area contributed by atoms with Gasteiger partial charge in [0.1, 0.15) is 0 Å². The van der Waals surface area contributed by atoms with E-state index in [1.165, 1.54) is 33.5 Å². The van der Waals surface area contributed by atoms with Gasteiger partial charge in [0.2, 0.25) is 0 Å². The minimum Gasteiger partial charge on any atom is -0.372 e. The van der Waals surface area contributed by atoms with Crippen molar-refractivity contribution < 1.29 is 0 Å². The van der Waals surface area contributed by atoms with Crippen LogP contribution in [0, 0.1) is 6.92 Å². The van der Waals surface area contributed by atoms with Crippen LogP contribution < -0.4 is 4.90 Å². The predicted octanol–water partition coefficient (Wildman–Crippen LogP) is 7.18. The van der Waals surface area contributed by atoms with Crippen molar-refractivity contribution >= 4 is 30.0 Å². The van der Waals surface area contributed by atoms with E-state index in [9.17, 15) is 0 Å². The quantitative estimate of drug-likeness (QED) is 0.400. The van der Waals surface area contributed by atoms with Gasteiger partial charge in [0, 0.05) is 18.8 Å². The van der Waals surface area contributed by atoms with Crippen LogP contribution in [0.4, 0.5) is 5.69 Å². The van der Waals surface area contributed by atoms with Crippen molar-refractivity contribution in [2.24, 2.45) is 0 Å². The van der Waals surface area contributed by atoms with Crippen molar-refractivity contribution in [3.05, 3.63) is 101 Å². The standard InChI is InChI=1S/C27H29N/c1-4-28(5-2)27-20-16-24(17-21-27)15-19-26-9-7-6-8-25(26)18-14-23-12-10-22(3)11-13-23/h6-21H,4-5H2,1-3H3. The molecule has 0 heterocycles. The van der Waals surface area contributed by atoms with Crippen LogP contribution in [0.2, 0.25) is 0 Å². The molecule has 0 saturated heterocycles. The van der Waals surface area contributed by atoms with E-state index < -0.39 is 0 Å². The van der Waals surface area contributed by atoms with Gasteiger partial charge < -0.3 is 4.90 Å². The molecule has 3 rings (SSSR count). The van der Waals surface area contributed by atoms with Crippen LogP contribution in [0.5, 0.6) is 0 Å². The molecule has 0 atom stereocenters. The van der Waals surface area contributed by atoms with Crippen LogP contribution in [-0.4, -0.2) is 13.1 Å². The Hall–Kier alpha value is -3.06. The maximum absolute atomic E-state index is 2.36. The fourth-order valence-corrected chi connectivity index (χ4v) is 3.25. The molecule has 1 nitrogen and oxygen atoms in total. The summed E-state index contributed by atoms with van der Waals surface area (Å²) in [7, 11) is 0. The van der Waals surface area contributed by atoms with E-state index in [2.05, 4.69) is 123 Å². The second kappa shape index (κ2) is 9.75. The lowest BCUT2D eigenvalue weighted by atomic mass is 10.0. The average Bonchev–Trinajstić information content (AvgIpc) is 2.74. The Morgan fingerprint density at radius 2 is 1.07 bits per heavy atom. The summed E-state index contributed by atoms with van der Waals surface area (Å²) in [5.74, 6) is 0. The minimum absolute atomic E-state index is 1.03. The third-order valence-corrected chi connectivity index (χ3v) is 5.01. The molecule has 0 aliphatic rings. The molecule has 0 radical (unpaired) electrons. The van der Waals surface area contributed by atoms with Crippen molar-refractivity contribution in [1.29, 1.82) is 0 Å². The predicted molar refractivity (Wildman–Crippen MR) is 125 cm³/mol. The third kappa shape index (κ3) is 5.23. The first-order valence-corrected chi connectivity index (χ1v) is 10.1. The number of hydrogen-bond acceptors (Lipinski definition) is 1. The van der Waals surface area contributed by atoms with E-state index in [0.717, 1.165) is 13.1 Å². The van der Waals surface area contributed by atoms with E-state index in [1.54, 1.807) is 0 Å². The molecule has 0 bridgehead atoms. The van der Waals surface area contributed by atoms with Gasteiger partial charge in [0.25, 0.3) is 0 Å². The summed E-state index contributed by atoms with van der Waals surface area (Å²) in [5.41, 5.74) is 7.44. The zero-order valence-corrected chi connectivity index (χ0v) is 17.1. The number of rotatable bonds is 7. The molecule has 0 unspecified atom stereocenters. The summed E-state index contributed by atoms with van der Waals surface area (Å²) in [6.45, 7) is 8.57. The summed E-state index contributed by atoms with van der Waals surface area (Å²) in [5, 5.41) is 0. The lowest BCUT2D eigenvalue weighted by Crippen LogP contribution is -2.21. The monoisotopic (exact) mass is 367 g/mol. The molecule has 3 aromatic carbocycles. The topological polar surface area (TPSA) is 3.24 Å². The van der Waals surface area contributed by atoms with Gasteiger partial charge in [-0.1, -0.05) is 90.5 Å². The zero-order valence-electron chi connectivity index (χ0n) is 17.1. The molecule has 1 heteroatoms. The fraction of sp³-hybridized carbons (Fsp3) is 0.185. The van der Waals surface area contributed by atoms with Crippen LogP contribution in [0.1, 0.15) is 41.7 Å².